The van der Waals surface area contributed by atoms with Gasteiger partial charge in [0.15, 0.2) is 18.7 Å². The molecule has 0 unspecified atom stereocenters. The van der Waals surface area contributed by atoms with E-state index in [9.17, 15) is 0 Å². The molecule has 1 heterocycles. The van der Waals surface area contributed by atoms with Gasteiger partial charge in [-0.05, 0) is 55.6 Å². The van der Waals surface area contributed by atoms with Crippen molar-refractivity contribution in [2.75, 3.05) is 33.7 Å². The van der Waals surface area contributed by atoms with Crippen molar-refractivity contribution in [1.29, 1.82) is 0 Å². The minimum Gasteiger partial charge on any atom is -0.491 e. The molecule has 3 aromatic rings. The highest BCUT2D eigenvalue weighted by molar-refractivity contribution is 7.54. The van der Waals surface area contributed by atoms with E-state index in [-0.39, 0.29) is 7.92 Å². The number of rotatable bonds is 10. The van der Waals surface area contributed by atoms with Crippen molar-refractivity contribution in [3.63, 3.8) is 0 Å². The Hall–Kier alpha value is -2.74. The summed E-state index contributed by atoms with van der Waals surface area (Å²) in [5.41, 5.74) is 4.72. The van der Waals surface area contributed by atoms with Crippen LogP contribution in [0.4, 0.5) is 0 Å². The van der Waals surface area contributed by atoms with Crippen LogP contribution in [0.15, 0.2) is 73.1 Å². The summed E-state index contributed by atoms with van der Waals surface area (Å²) in [6.45, 7) is 5.75. The minimum atomic E-state index is 0.0730. The molecule has 0 aliphatic carbocycles. The first kappa shape index (κ1) is 22.9. The summed E-state index contributed by atoms with van der Waals surface area (Å²) < 4.78 is 12.8. The molecule has 2 aromatic carbocycles. The molecular weight excluding hydrogens is 401 g/mol. The molecule has 0 amide bonds. The topological polar surface area (TPSA) is 22.3 Å². The molecule has 0 N–H and O–H groups in total. The highest BCUT2D eigenvalue weighted by Crippen LogP contribution is 2.23. The van der Waals surface area contributed by atoms with Crippen LogP contribution in [0.3, 0.4) is 0 Å². The second-order valence-electron chi connectivity index (χ2n) is 7.61. The Kier molecular flexibility index (Phi) is 9.02. The molecule has 4 heteroatoms. The smallest absolute Gasteiger partial charge is 0.169 e. The third-order valence-corrected chi connectivity index (χ3v) is 5.56. The Balaban J connectivity index is 1.54. The number of benzene rings is 2. The van der Waals surface area contributed by atoms with Crippen LogP contribution in [0, 0.1) is 0 Å². The van der Waals surface area contributed by atoms with Crippen LogP contribution >= 0.6 is 7.92 Å². The molecule has 0 aliphatic heterocycles. The lowest BCUT2D eigenvalue weighted by Crippen LogP contribution is -2.31. The number of aromatic nitrogens is 1. The van der Waals surface area contributed by atoms with Gasteiger partial charge in [0, 0.05) is 19.2 Å². The molecule has 3 nitrogen and oxygen atoms in total. The normalized spacial score (nSPS) is 11.6. The SMILES string of the molecule is COCCOc1ccc(/C=C/c2ccc(/C=C/c3cc[n+](CP(C)C)cc3)cc2)cc1. The summed E-state index contributed by atoms with van der Waals surface area (Å²) in [6.07, 6.45) is 14.0. The summed E-state index contributed by atoms with van der Waals surface area (Å²) >= 11 is 0. The maximum atomic E-state index is 5.60. The standard InChI is InChI=1S/C27H31NO2P/c1-29-20-21-30-27-14-12-25(13-15-27)9-8-23-4-6-24(7-5-23)10-11-26-16-18-28(19-17-26)22-31(2)3/h4-19H,20-22H2,1-3H3/q+1/b9-8+,11-10+. The zero-order chi connectivity index (χ0) is 21.9. The van der Waals surface area contributed by atoms with Crippen molar-refractivity contribution >= 4 is 32.2 Å². The van der Waals surface area contributed by atoms with E-state index in [1.165, 1.54) is 16.7 Å². The summed E-state index contributed by atoms with van der Waals surface area (Å²) in [4.78, 5) is 0. The van der Waals surface area contributed by atoms with Crippen molar-refractivity contribution in [2.45, 2.75) is 6.29 Å². The maximum Gasteiger partial charge on any atom is 0.169 e. The van der Waals surface area contributed by atoms with E-state index >= 15 is 0 Å². The maximum absolute atomic E-state index is 5.60. The quantitative estimate of drug-likeness (QED) is 0.169. The van der Waals surface area contributed by atoms with E-state index in [1.807, 2.05) is 12.1 Å². The molecule has 3 rings (SSSR count). The predicted molar refractivity (Wildman–Crippen MR) is 134 cm³/mol. The van der Waals surface area contributed by atoms with Crippen LogP contribution in [0.1, 0.15) is 22.3 Å². The Morgan fingerprint density at radius 2 is 1.13 bits per heavy atom. The molecule has 0 radical (unpaired) electrons. The summed E-state index contributed by atoms with van der Waals surface area (Å²) in [5, 5.41) is 0. The molecule has 0 atom stereocenters. The van der Waals surface area contributed by atoms with Gasteiger partial charge in [-0.3, -0.25) is 0 Å². The average Bonchev–Trinajstić information content (AvgIpc) is 2.79. The van der Waals surface area contributed by atoms with Gasteiger partial charge in [-0.1, -0.05) is 60.7 Å². The Labute approximate surface area is 187 Å². The second kappa shape index (κ2) is 12.2. The largest absolute Gasteiger partial charge is 0.491 e. The molecule has 1 aromatic heterocycles. The van der Waals surface area contributed by atoms with Gasteiger partial charge in [0.25, 0.3) is 0 Å². The molecular formula is C27H31NO2P+. The van der Waals surface area contributed by atoms with Gasteiger partial charge >= 0.3 is 0 Å². The lowest BCUT2D eigenvalue weighted by Gasteiger charge is -2.05. The van der Waals surface area contributed by atoms with Gasteiger partial charge in [-0.25, -0.2) is 4.57 Å². The first-order chi connectivity index (χ1) is 15.1. The lowest BCUT2D eigenvalue weighted by molar-refractivity contribution is -0.677. The fraction of sp³-hybridized carbons (Fsp3) is 0.222. The Morgan fingerprint density at radius 1 is 0.677 bits per heavy atom. The van der Waals surface area contributed by atoms with Crippen molar-refractivity contribution < 1.29 is 14.0 Å². The fourth-order valence-electron chi connectivity index (χ4n) is 3.02. The van der Waals surface area contributed by atoms with E-state index in [4.69, 9.17) is 9.47 Å². The van der Waals surface area contributed by atoms with E-state index < -0.39 is 0 Å². The van der Waals surface area contributed by atoms with Crippen LogP contribution in [0.2, 0.25) is 0 Å². The van der Waals surface area contributed by atoms with Crippen LogP contribution in [0.5, 0.6) is 5.75 Å². The van der Waals surface area contributed by atoms with Crippen LogP contribution in [-0.4, -0.2) is 33.7 Å². The van der Waals surface area contributed by atoms with Gasteiger partial charge < -0.3 is 9.47 Å². The molecule has 31 heavy (non-hydrogen) atoms. The predicted octanol–water partition coefficient (Wildman–Crippen LogP) is 6.04. The molecule has 0 fully saturated rings. The Morgan fingerprint density at radius 3 is 1.58 bits per heavy atom. The van der Waals surface area contributed by atoms with E-state index in [0.717, 1.165) is 17.6 Å². The number of hydrogen-bond donors (Lipinski definition) is 0. The monoisotopic (exact) mass is 432 g/mol. The van der Waals surface area contributed by atoms with Crippen molar-refractivity contribution in [1.82, 2.24) is 0 Å². The van der Waals surface area contributed by atoms with E-state index in [0.29, 0.717) is 13.2 Å². The number of pyridine rings is 1. The van der Waals surface area contributed by atoms with Gasteiger partial charge in [0.05, 0.1) is 6.61 Å². The number of ether oxygens (including phenoxy) is 2. The van der Waals surface area contributed by atoms with Crippen molar-refractivity contribution in [3.05, 3.63) is 95.3 Å². The van der Waals surface area contributed by atoms with Crippen LogP contribution in [-0.2, 0) is 11.0 Å². The third kappa shape index (κ3) is 8.13. The van der Waals surface area contributed by atoms with E-state index in [1.54, 1.807) is 7.11 Å². The summed E-state index contributed by atoms with van der Waals surface area (Å²) in [6, 6.07) is 21.0. The zero-order valence-electron chi connectivity index (χ0n) is 18.6. The number of methoxy groups -OCH3 is 1. The van der Waals surface area contributed by atoms with Gasteiger partial charge in [-0.15, -0.1) is 0 Å². The highest BCUT2D eigenvalue weighted by Gasteiger charge is 2.02. The van der Waals surface area contributed by atoms with E-state index in [2.05, 4.69) is 103 Å². The minimum absolute atomic E-state index is 0.0730. The second-order valence-corrected chi connectivity index (χ2v) is 10.1. The van der Waals surface area contributed by atoms with Crippen molar-refractivity contribution in [2.24, 2.45) is 0 Å². The lowest BCUT2D eigenvalue weighted by atomic mass is 10.1. The number of hydrogen-bond acceptors (Lipinski definition) is 2. The highest BCUT2D eigenvalue weighted by atomic mass is 31.1. The zero-order valence-corrected chi connectivity index (χ0v) is 19.5. The summed E-state index contributed by atoms with van der Waals surface area (Å²) in [7, 11) is 1.75. The summed E-state index contributed by atoms with van der Waals surface area (Å²) in [5.74, 6) is 0.861. The van der Waals surface area contributed by atoms with Crippen LogP contribution < -0.4 is 9.30 Å². The molecule has 0 spiro atoms. The van der Waals surface area contributed by atoms with Crippen molar-refractivity contribution in [3.8, 4) is 5.75 Å². The third-order valence-electron chi connectivity index (χ3n) is 4.67. The first-order valence-corrected chi connectivity index (χ1v) is 12.9. The van der Waals surface area contributed by atoms with Gasteiger partial charge in [0.1, 0.15) is 12.4 Å². The Bertz CT molecular complexity index is 975. The average molecular weight is 433 g/mol. The van der Waals surface area contributed by atoms with Gasteiger partial charge in [-0.2, -0.15) is 0 Å². The van der Waals surface area contributed by atoms with Gasteiger partial charge in [0.2, 0.25) is 0 Å². The molecule has 0 saturated carbocycles. The molecule has 160 valence electrons. The number of nitrogens with zero attached hydrogens (tertiary/aromatic N) is 1. The molecule has 0 aliphatic rings. The van der Waals surface area contributed by atoms with Crippen LogP contribution in [0.25, 0.3) is 24.3 Å². The molecule has 0 saturated heterocycles. The fourth-order valence-corrected chi connectivity index (χ4v) is 3.86. The first-order valence-electron chi connectivity index (χ1n) is 10.4. The molecule has 0 bridgehead atoms.